The minimum Gasteiger partial charge on any atom is -0.430 e. The Morgan fingerprint density at radius 3 is 2.57 bits per heavy atom. The topological polar surface area (TPSA) is 9.23 Å². The molecular weight excluding hydrogens is 415 g/mol. The molecule has 2 aliphatic heterocycles. The first-order chi connectivity index (χ1) is 9.33. The van der Waals surface area contributed by atoms with Crippen molar-refractivity contribution >= 4 is 25.7 Å². The van der Waals surface area contributed by atoms with E-state index in [1.165, 1.54) is 35.9 Å². The van der Waals surface area contributed by atoms with E-state index in [1.807, 2.05) is 0 Å². The molecule has 0 atom stereocenters. The van der Waals surface area contributed by atoms with Gasteiger partial charge in [-0.1, -0.05) is 47.7 Å². The van der Waals surface area contributed by atoms with Crippen LogP contribution in [0.4, 0.5) is 4.39 Å². The van der Waals surface area contributed by atoms with Gasteiger partial charge < -0.3 is 4.65 Å². The maximum Gasteiger partial charge on any atom is 0.330 e. The van der Waals surface area contributed by atoms with Gasteiger partial charge in [-0.15, -0.1) is 0 Å². The SMILES string of the molecule is Fc1ccc2c(c1)CO[B]2.[B]1CCc2ccccc21.[Y].[Y]. The molecule has 0 spiro atoms. The van der Waals surface area contributed by atoms with Gasteiger partial charge in [-0.2, -0.15) is 0 Å². The summed E-state index contributed by atoms with van der Waals surface area (Å²) < 4.78 is 17.5. The maximum absolute atomic E-state index is 12.5. The fourth-order valence-electron chi connectivity index (χ4n) is 2.38. The molecule has 4 rings (SSSR count). The van der Waals surface area contributed by atoms with Gasteiger partial charge in [-0.05, 0) is 29.6 Å². The molecule has 1 nitrogen and oxygen atoms in total. The van der Waals surface area contributed by atoms with Crippen LogP contribution in [0.25, 0.3) is 0 Å². The summed E-state index contributed by atoms with van der Waals surface area (Å²) in [6.45, 7) is 0.507. The van der Waals surface area contributed by atoms with Crippen LogP contribution in [0.2, 0.25) is 6.32 Å². The Morgan fingerprint density at radius 1 is 0.952 bits per heavy atom. The summed E-state index contributed by atoms with van der Waals surface area (Å²) >= 11 is 0. The molecule has 2 aromatic rings. The van der Waals surface area contributed by atoms with Crippen molar-refractivity contribution in [3.05, 3.63) is 59.4 Å². The van der Waals surface area contributed by atoms with Crippen LogP contribution in [0, 0.1) is 5.82 Å². The molecule has 0 bridgehead atoms. The molecule has 2 heterocycles. The zero-order chi connectivity index (χ0) is 13.1. The Labute approximate surface area is 177 Å². The van der Waals surface area contributed by atoms with Crippen LogP contribution in [-0.4, -0.2) is 14.8 Å². The second-order valence-electron chi connectivity index (χ2n) is 4.71. The second-order valence-corrected chi connectivity index (χ2v) is 4.71. The van der Waals surface area contributed by atoms with E-state index in [9.17, 15) is 4.39 Å². The molecule has 98 valence electrons. The molecule has 0 aliphatic carbocycles. The molecule has 21 heavy (non-hydrogen) atoms. The first kappa shape index (κ1) is 19.7. The molecule has 2 aromatic carbocycles. The van der Waals surface area contributed by atoms with Crippen molar-refractivity contribution in [1.29, 1.82) is 0 Å². The zero-order valence-corrected chi connectivity index (χ0v) is 17.4. The van der Waals surface area contributed by atoms with Crippen molar-refractivity contribution < 1.29 is 74.5 Å². The Morgan fingerprint density at radius 2 is 1.76 bits per heavy atom. The molecule has 0 saturated carbocycles. The molecule has 0 N–H and O–H groups in total. The van der Waals surface area contributed by atoms with Gasteiger partial charge >= 0.3 is 7.48 Å². The predicted molar refractivity (Wildman–Crippen MR) is 76.9 cm³/mol. The molecular formula is C15H13B2FOY2. The van der Waals surface area contributed by atoms with Gasteiger partial charge in [0.05, 0.1) is 6.61 Å². The van der Waals surface area contributed by atoms with Crippen LogP contribution >= 0.6 is 0 Å². The number of fused-ring (bicyclic) bond motifs is 2. The van der Waals surface area contributed by atoms with Crippen LogP contribution in [0.15, 0.2) is 42.5 Å². The number of benzene rings is 2. The van der Waals surface area contributed by atoms with Crippen LogP contribution in [-0.2, 0) is 83.1 Å². The third kappa shape index (κ3) is 5.36. The third-order valence-corrected chi connectivity index (χ3v) is 3.39. The van der Waals surface area contributed by atoms with Crippen LogP contribution in [0.1, 0.15) is 11.1 Å². The van der Waals surface area contributed by atoms with Gasteiger partial charge in [0.25, 0.3) is 0 Å². The summed E-state index contributed by atoms with van der Waals surface area (Å²) in [5, 5.41) is 0. The smallest absolute Gasteiger partial charge is 0.330 e. The first-order valence-corrected chi connectivity index (χ1v) is 6.47. The molecule has 2 aliphatic rings. The minimum atomic E-state index is -0.197. The van der Waals surface area contributed by atoms with Gasteiger partial charge in [0.15, 0.2) is 7.28 Å². The van der Waals surface area contributed by atoms with Crippen molar-refractivity contribution in [2.24, 2.45) is 0 Å². The molecule has 6 heteroatoms. The maximum atomic E-state index is 12.5. The summed E-state index contributed by atoms with van der Waals surface area (Å²) in [5.41, 5.74) is 4.87. The largest absolute Gasteiger partial charge is 0.430 e. The molecule has 0 saturated heterocycles. The van der Waals surface area contributed by atoms with Crippen molar-refractivity contribution in [2.45, 2.75) is 19.3 Å². The first-order valence-electron chi connectivity index (χ1n) is 6.47. The fraction of sp³-hybridized carbons (Fsp3) is 0.200. The van der Waals surface area contributed by atoms with Crippen LogP contribution in [0.3, 0.4) is 0 Å². The van der Waals surface area contributed by atoms with E-state index < -0.39 is 0 Å². The standard InChI is InChI=1S/C8H8B.C7H5BFO.2Y/c1-2-4-8-7(3-1)5-6-9-8;9-6-1-2-7-5(3-6)4-10-8-7;;/h1-4H,5-6H2;1-3H,4H2;;. The van der Waals surface area contributed by atoms with Crippen molar-refractivity contribution in [1.82, 2.24) is 0 Å². The Balaban J connectivity index is 0.000000192. The van der Waals surface area contributed by atoms with Crippen molar-refractivity contribution in [2.75, 3.05) is 0 Å². The van der Waals surface area contributed by atoms with Crippen LogP contribution < -0.4 is 10.9 Å². The third-order valence-electron chi connectivity index (χ3n) is 3.39. The van der Waals surface area contributed by atoms with Crippen molar-refractivity contribution in [3.63, 3.8) is 0 Å². The van der Waals surface area contributed by atoms with E-state index in [0.29, 0.717) is 6.61 Å². The summed E-state index contributed by atoms with van der Waals surface area (Å²) in [5.74, 6) is -0.197. The Hall–Kier alpha value is 0.668. The molecule has 0 unspecified atom stereocenters. The van der Waals surface area contributed by atoms with Gasteiger partial charge in [-0.3, -0.25) is 0 Å². The van der Waals surface area contributed by atoms with Gasteiger partial charge in [-0.25, -0.2) is 4.39 Å². The normalized spacial score (nSPS) is 13.2. The quantitative estimate of drug-likeness (QED) is 0.580. The molecule has 0 aromatic heterocycles. The number of aryl methyl sites for hydroxylation is 1. The Kier molecular flexibility index (Phi) is 9.13. The van der Waals surface area contributed by atoms with Crippen LogP contribution in [0.5, 0.6) is 0 Å². The van der Waals surface area contributed by atoms with E-state index in [-0.39, 0.29) is 71.2 Å². The minimum absolute atomic E-state index is 0. The number of rotatable bonds is 0. The summed E-state index contributed by atoms with van der Waals surface area (Å²) in [6, 6.07) is 13.3. The fourth-order valence-corrected chi connectivity index (χ4v) is 2.38. The van der Waals surface area contributed by atoms with Crippen molar-refractivity contribution in [3.8, 4) is 0 Å². The average Bonchev–Trinajstić information content (AvgIpc) is 3.07. The van der Waals surface area contributed by atoms with Gasteiger partial charge in [0.2, 0.25) is 0 Å². The predicted octanol–water partition coefficient (Wildman–Crippen LogP) is 1.59. The van der Waals surface area contributed by atoms with Gasteiger partial charge in [0, 0.05) is 65.4 Å². The molecule has 0 fully saturated rings. The van der Waals surface area contributed by atoms with E-state index in [2.05, 4.69) is 31.5 Å². The molecule has 4 radical (unpaired) electrons. The summed E-state index contributed by atoms with van der Waals surface area (Å²) in [6.07, 6.45) is 2.48. The number of hydrogen-bond donors (Lipinski definition) is 0. The second kappa shape index (κ2) is 9.73. The number of halogens is 1. The monoisotopic (exact) mass is 428 g/mol. The van der Waals surface area contributed by atoms with E-state index in [0.717, 1.165) is 11.0 Å². The van der Waals surface area contributed by atoms with E-state index in [1.54, 1.807) is 13.5 Å². The summed E-state index contributed by atoms with van der Waals surface area (Å²) in [7, 11) is 3.95. The average molecular weight is 428 g/mol. The van der Waals surface area contributed by atoms with E-state index >= 15 is 0 Å². The number of hydrogen-bond acceptors (Lipinski definition) is 1. The summed E-state index contributed by atoms with van der Waals surface area (Å²) in [4.78, 5) is 0. The molecule has 0 amide bonds. The van der Waals surface area contributed by atoms with Gasteiger partial charge in [0.1, 0.15) is 5.82 Å². The zero-order valence-electron chi connectivity index (χ0n) is 11.8. The van der Waals surface area contributed by atoms with E-state index in [4.69, 9.17) is 4.65 Å². The Bertz CT molecular complexity index is 573.